The number of nitrogens with zero attached hydrogens (tertiary/aromatic N) is 1. The van der Waals surface area contributed by atoms with Gasteiger partial charge in [0.15, 0.2) is 0 Å². The third-order valence-corrected chi connectivity index (χ3v) is 2.76. The van der Waals surface area contributed by atoms with Crippen molar-refractivity contribution in [1.82, 2.24) is 4.90 Å². The third-order valence-electron chi connectivity index (χ3n) is 1.71. The fourth-order valence-electron chi connectivity index (χ4n) is 1.10. The minimum Gasteiger partial charge on any atom is -0.338 e. The summed E-state index contributed by atoms with van der Waals surface area (Å²) in [5, 5.41) is 0. The molecule has 0 radical (unpaired) electrons. The molecule has 1 aliphatic rings. The van der Waals surface area contributed by atoms with Crippen molar-refractivity contribution in [2.24, 2.45) is 0 Å². The normalized spacial score (nSPS) is 19.1. The van der Waals surface area contributed by atoms with Crippen LogP contribution in [0.5, 0.6) is 0 Å². The van der Waals surface area contributed by atoms with E-state index < -0.39 is 0 Å². The summed E-state index contributed by atoms with van der Waals surface area (Å²) in [6.45, 7) is 5.25. The molecular weight excluding hydrogens is 158 g/mol. The average Bonchev–Trinajstić information content (AvgIpc) is 2.30. The molecule has 3 heteroatoms. The van der Waals surface area contributed by atoms with E-state index >= 15 is 0 Å². The van der Waals surface area contributed by atoms with E-state index in [1.54, 1.807) is 0 Å². The van der Waals surface area contributed by atoms with E-state index in [9.17, 15) is 4.79 Å². The lowest BCUT2D eigenvalue weighted by atomic mass is 10.4. The van der Waals surface area contributed by atoms with E-state index in [4.69, 9.17) is 0 Å². The minimum atomic E-state index is 0.0764. The first kappa shape index (κ1) is 8.65. The fraction of sp³-hybridized carbons (Fsp3) is 0.625. The molecule has 0 aromatic rings. The largest absolute Gasteiger partial charge is 0.338 e. The number of carbonyl (C=O) groups is 1. The third kappa shape index (κ3) is 2.58. The maximum atomic E-state index is 11.1. The SMILES string of the molecule is C=CC(=O)N1CCCSCC1. The minimum absolute atomic E-state index is 0.0764. The molecule has 0 saturated carbocycles. The standard InChI is InChI=1S/C8H13NOS/c1-2-8(10)9-4-3-6-11-7-5-9/h2H,1,3-7H2. The van der Waals surface area contributed by atoms with E-state index in [2.05, 4.69) is 6.58 Å². The first-order valence-corrected chi connectivity index (χ1v) is 4.99. The Balaban J connectivity index is 2.42. The van der Waals surface area contributed by atoms with Crippen molar-refractivity contribution in [2.75, 3.05) is 24.6 Å². The topological polar surface area (TPSA) is 20.3 Å². The van der Waals surface area contributed by atoms with Gasteiger partial charge in [-0.1, -0.05) is 6.58 Å². The van der Waals surface area contributed by atoms with Crippen molar-refractivity contribution >= 4 is 17.7 Å². The van der Waals surface area contributed by atoms with Gasteiger partial charge in [0.1, 0.15) is 0 Å². The summed E-state index contributed by atoms with van der Waals surface area (Å²) in [6, 6.07) is 0. The molecule has 0 bridgehead atoms. The predicted octanol–water partition coefficient (Wildman–Crippen LogP) is 1.14. The molecule has 0 aromatic carbocycles. The molecule has 62 valence electrons. The second-order valence-corrected chi connectivity index (χ2v) is 3.72. The highest BCUT2D eigenvalue weighted by Crippen LogP contribution is 2.09. The second-order valence-electron chi connectivity index (χ2n) is 2.50. The summed E-state index contributed by atoms with van der Waals surface area (Å²) in [4.78, 5) is 13.0. The Labute approximate surface area is 71.6 Å². The van der Waals surface area contributed by atoms with Crippen LogP contribution >= 0.6 is 11.8 Å². The second kappa shape index (κ2) is 4.44. The van der Waals surface area contributed by atoms with Crippen LogP contribution in [0, 0.1) is 0 Å². The van der Waals surface area contributed by atoms with Crippen molar-refractivity contribution < 1.29 is 4.79 Å². The molecule has 1 fully saturated rings. The lowest BCUT2D eigenvalue weighted by Gasteiger charge is -2.17. The molecule has 1 saturated heterocycles. The summed E-state index contributed by atoms with van der Waals surface area (Å²) < 4.78 is 0. The number of hydrogen-bond donors (Lipinski definition) is 0. The number of amides is 1. The van der Waals surface area contributed by atoms with Gasteiger partial charge in [0, 0.05) is 18.8 Å². The smallest absolute Gasteiger partial charge is 0.245 e. The molecule has 0 N–H and O–H groups in total. The van der Waals surface area contributed by atoms with Gasteiger partial charge in [-0.25, -0.2) is 0 Å². The van der Waals surface area contributed by atoms with Gasteiger partial charge in [-0.05, 0) is 18.2 Å². The van der Waals surface area contributed by atoms with E-state index in [1.807, 2.05) is 16.7 Å². The predicted molar refractivity (Wildman–Crippen MR) is 48.7 cm³/mol. The van der Waals surface area contributed by atoms with E-state index in [-0.39, 0.29) is 5.91 Å². The highest BCUT2D eigenvalue weighted by atomic mass is 32.2. The van der Waals surface area contributed by atoms with Gasteiger partial charge in [0.2, 0.25) is 5.91 Å². The van der Waals surface area contributed by atoms with Crippen molar-refractivity contribution in [1.29, 1.82) is 0 Å². The zero-order valence-corrected chi connectivity index (χ0v) is 7.40. The van der Waals surface area contributed by atoms with Crippen LogP contribution in [0.15, 0.2) is 12.7 Å². The van der Waals surface area contributed by atoms with Crippen LogP contribution in [0.2, 0.25) is 0 Å². The van der Waals surface area contributed by atoms with Gasteiger partial charge in [-0.15, -0.1) is 0 Å². The van der Waals surface area contributed by atoms with Gasteiger partial charge < -0.3 is 4.90 Å². The van der Waals surface area contributed by atoms with E-state index in [0.717, 1.165) is 25.3 Å². The molecule has 2 nitrogen and oxygen atoms in total. The van der Waals surface area contributed by atoms with Crippen LogP contribution in [0.3, 0.4) is 0 Å². The van der Waals surface area contributed by atoms with Crippen LogP contribution in [0.4, 0.5) is 0 Å². The van der Waals surface area contributed by atoms with Crippen molar-refractivity contribution in [3.8, 4) is 0 Å². The maximum absolute atomic E-state index is 11.1. The molecular formula is C8H13NOS. The Bertz CT molecular complexity index is 150. The van der Waals surface area contributed by atoms with Crippen LogP contribution in [-0.4, -0.2) is 35.4 Å². The fourth-order valence-corrected chi connectivity index (χ4v) is 1.98. The van der Waals surface area contributed by atoms with Crippen molar-refractivity contribution in [2.45, 2.75) is 6.42 Å². The number of carbonyl (C=O) groups excluding carboxylic acids is 1. The average molecular weight is 171 g/mol. The Morgan fingerprint density at radius 2 is 2.27 bits per heavy atom. The van der Waals surface area contributed by atoms with Crippen LogP contribution in [0.25, 0.3) is 0 Å². The molecule has 1 heterocycles. The summed E-state index contributed by atoms with van der Waals surface area (Å²) in [7, 11) is 0. The Morgan fingerprint density at radius 1 is 1.45 bits per heavy atom. The Hall–Kier alpha value is -0.440. The molecule has 0 unspecified atom stereocenters. The van der Waals surface area contributed by atoms with Gasteiger partial charge in [0.25, 0.3) is 0 Å². The van der Waals surface area contributed by atoms with Crippen LogP contribution in [-0.2, 0) is 4.79 Å². The summed E-state index contributed by atoms with van der Waals surface area (Å²) in [5.41, 5.74) is 0. The van der Waals surface area contributed by atoms with Gasteiger partial charge in [-0.3, -0.25) is 4.79 Å². The number of hydrogen-bond acceptors (Lipinski definition) is 2. The van der Waals surface area contributed by atoms with Crippen molar-refractivity contribution in [3.63, 3.8) is 0 Å². The maximum Gasteiger partial charge on any atom is 0.245 e. The number of rotatable bonds is 1. The monoisotopic (exact) mass is 171 g/mol. The lowest BCUT2D eigenvalue weighted by molar-refractivity contribution is -0.125. The van der Waals surface area contributed by atoms with Gasteiger partial charge >= 0.3 is 0 Å². The van der Waals surface area contributed by atoms with Crippen LogP contribution < -0.4 is 0 Å². The Morgan fingerprint density at radius 3 is 3.00 bits per heavy atom. The van der Waals surface area contributed by atoms with Gasteiger partial charge in [0.05, 0.1) is 0 Å². The van der Waals surface area contributed by atoms with E-state index in [1.165, 1.54) is 11.8 Å². The zero-order valence-electron chi connectivity index (χ0n) is 6.58. The summed E-state index contributed by atoms with van der Waals surface area (Å²) >= 11 is 1.92. The molecule has 0 spiro atoms. The molecule has 0 aromatic heterocycles. The first-order chi connectivity index (χ1) is 5.34. The molecule has 1 amide bonds. The first-order valence-electron chi connectivity index (χ1n) is 3.83. The quantitative estimate of drug-likeness (QED) is 0.551. The van der Waals surface area contributed by atoms with Crippen LogP contribution in [0.1, 0.15) is 6.42 Å². The van der Waals surface area contributed by atoms with E-state index in [0.29, 0.717) is 0 Å². The summed E-state index contributed by atoms with van der Waals surface area (Å²) in [6.07, 6.45) is 2.51. The lowest BCUT2D eigenvalue weighted by Crippen LogP contribution is -2.31. The molecule has 0 aliphatic carbocycles. The molecule has 0 atom stereocenters. The highest BCUT2D eigenvalue weighted by Gasteiger charge is 2.11. The molecule has 11 heavy (non-hydrogen) atoms. The Kier molecular flexibility index (Phi) is 3.49. The zero-order chi connectivity index (χ0) is 8.10. The molecule has 1 aliphatic heterocycles. The summed E-state index contributed by atoms with van der Waals surface area (Å²) in [5.74, 6) is 2.33. The van der Waals surface area contributed by atoms with Crippen molar-refractivity contribution in [3.05, 3.63) is 12.7 Å². The van der Waals surface area contributed by atoms with Gasteiger partial charge in [-0.2, -0.15) is 11.8 Å². The highest BCUT2D eigenvalue weighted by molar-refractivity contribution is 7.99. The molecule has 1 rings (SSSR count). The number of thioether (sulfide) groups is 1.